The Labute approximate surface area is 234 Å². The summed E-state index contributed by atoms with van der Waals surface area (Å²) in [4.78, 5) is 41.1. The maximum absolute atomic E-state index is 14.2. The average Bonchev–Trinajstić information content (AvgIpc) is 3.49. The van der Waals surface area contributed by atoms with Gasteiger partial charge < -0.3 is 15.6 Å². The van der Waals surface area contributed by atoms with E-state index in [0.29, 0.717) is 28.1 Å². The van der Waals surface area contributed by atoms with Gasteiger partial charge in [-0.25, -0.2) is 19.5 Å². The number of aromatic nitrogens is 7. The van der Waals surface area contributed by atoms with Crippen molar-refractivity contribution in [2.24, 2.45) is 7.05 Å². The monoisotopic (exact) mass is 545 g/mol. The number of fused-ring (bicyclic) bond motifs is 2. The van der Waals surface area contributed by atoms with Crippen LogP contribution in [0.25, 0.3) is 34.4 Å². The van der Waals surface area contributed by atoms with E-state index >= 15 is 0 Å². The Morgan fingerprint density at radius 1 is 1.05 bits per heavy atom. The molecule has 0 unspecified atom stereocenters. The van der Waals surface area contributed by atoms with Crippen molar-refractivity contribution in [1.29, 1.82) is 0 Å². The molecule has 0 saturated heterocycles. The van der Waals surface area contributed by atoms with Gasteiger partial charge in [-0.2, -0.15) is 0 Å². The second kappa shape index (κ2) is 10.2. The first-order valence-electron chi connectivity index (χ1n) is 13.0. The van der Waals surface area contributed by atoms with Gasteiger partial charge in [0.25, 0.3) is 11.5 Å². The van der Waals surface area contributed by atoms with E-state index in [4.69, 9.17) is 10.7 Å². The second-order valence-electron chi connectivity index (χ2n) is 9.65. The highest BCUT2D eigenvalue weighted by Crippen LogP contribution is 2.23. The van der Waals surface area contributed by atoms with Crippen LogP contribution in [0.15, 0.2) is 78.0 Å². The number of para-hydroxylation sites is 1. The molecule has 11 nitrogen and oxygen atoms in total. The topological polar surface area (TPSA) is 138 Å². The number of amides is 1. The lowest BCUT2D eigenvalue weighted by Gasteiger charge is -2.20. The lowest BCUT2D eigenvalue weighted by Crippen LogP contribution is -2.33. The van der Waals surface area contributed by atoms with E-state index in [0.717, 1.165) is 17.1 Å². The van der Waals surface area contributed by atoms with Gasteiger partial charge in [0.1, 0.15) is 17.2 Å². The van der Waals surface area contributed by atoms with Crippen molar-refractivity contribution in [3.8, 4) is 5.69 Å². The molecule has 204 valence electrons. The summed E-state index contributed by atoms with van der Waals surface area (Å²) in [7, 11) is 1.94. The lowest BCUT2D eigenvalue weighted by atomic mass is 10.1. The number of anilines is 1. The smallest absolute Gasteiger partial charge is 0.266 e. The average molecular weight is 546 g/mol. The van der Waals surface area contributed by atoms with Gasteiger partial charge in [0.2, 0.25) is 0 Å². The number of imidazole rings is 1. The molecule has 6 aromatic rings. The maximum atomic E-state index is 14.2. The summed E-state index contributed by atoms with van der Waals surface area (Å²) in [5.74, 6) is 0.840. The number of carbonyl (C=O) groups is 1. The molecule has 0 aliphatic heterocycles. The summed E-state index contributed by atoms with van der Waals surface area (Å²) in [6, 6.07) is 15.8. The van der Waals surface area contributed by atoms with Crippen molar-refractivity contribution < 1.29 is 4.79 Å². The van der Waals surface area contributed by atoms with Crippen molar-refractivity contribution in [3.63, 3.8) is 0 Å². The molecule has 0 aliphatic carbocycles. The van der Waals surface area contributed by atoms with Crippen LogP contribution >= 0.6 is 0 Å². The molecule has 0 fully saturated rings. The minimum atomic E-state index is -0.672. The van der Waals surface area contributed by atoms with Crippen LogP contribution in [0.2, 0.25) is 0 Å². The van der Waals surface area contributed by atoms with Crippen LogP contribution in [0.4, 0.5) is 5.82 Å². The van der Waals surface area contributed by atoms with Gasteiger partial charge >= 0.3 is 0 Å². The van der Waals surface area contributed by atoms with E-state index in [-0.39, 0.29) is 16.9 Å². The first-order chi connectivity index (χ1) is 19.8. The standard InChI is InChI=1S/C30H27N9O2/c1-18(34-29(40)25-26(31)36-38-16-8-15-32-28(25)38)27-35-23-12-7-9-20(13-14-22-17-33-19(2)37(22)3)24(23)30(41)39(27)21-10-5-4-6-11-21/h4-18H,1-3H3,(H2,31,36)(H,34,40)/t18-/m1/s1. The second-order valence-corrected chi connectivity index (χ2v) is 9.65. The minimum Gasteiger partial charge on any atom is -0.381 e. The molecular weight excluding hydrogens is 518 g/mol. The van der Waals surface area contributed by atoms with Crippen LogP contribution in [-0.4, -0.2) is 39.6 Å². The number of benzene rings is 2. The number of hydrogen-bond donors (Lipinski definition) is 2. The highest BCUT2D eigenvalue weighted by Gasteiger charge is 2.24. The number of nitrogen functional groups attached to an aromatic ring is 1. The van der Waals surface area contributed by atoms with Gasteiger partial charge in [0.05, 0.1) is 34.5 Å². The Balaban J connectivity index is 1.47. The normalized spacial score (nSPS) is 12.4. The van der Waals surface area contributed by atoms with Crippen molar-refractivity contribution in [2.45, 2.75) is 19.9 Å². The predicted octanol–water partition coefficient (Wildman–Crippen LogP) is 3.71. The molecule has 0 radical (unpaired) electrons. The minimum absolute atomic E-state index is 0.0559. The van der Waals surface area contributed by atoms with Crippen molar-refractivity contribution in [2.75, 3.05) is 5.73 Å². The molecule has 0 bridgehead atoms. The molecule has 0 aliphatic rings. The first kappa shape index (κ1) is 25.7. The predicted molar refractivity (Wildman–Crippen MR) is 157 cm³/mol. The summed E-state index contributed by atoms with van der Waals surface area (Å²) in [5, 5.41) is 7.59. The van der Waals surface area contributed by atoms with Crippen LogP contribution in [0.1, 0.15) is 46.2 Å². The summed E-state index contributed by atoms with van der Waals surface area (Å²) >= 11 is 0. The highest BCUT2D eigenvalue weighted by molar-refractivity contribution is 6.04. The van der Waals surface area contributed by atoms with Gasteiger partial charge in [-0.15, -0.1) is 5.10 Å². The zero-order valence-corrected chi connectivity index (χ0v) is 22.7. The van der Waals surface area contributed by atoms with E-state index in [1.54, 1.807) is 37.6 Å². The van der Waals surface area contributed by atoms with Crippen LogP contribution in [-0.2, 0) is 7.05 Å². The Hall–Kier alpha value is -5.58. The number of hydrogen-bond acceptors (Lipinski definition) is 7. The van der Waals surface area contributed by atoms with E-state index in [1.807, 2.05) is 73.2 Å². The zero-order chi connectivity index (χ0) is 28.7. The van der Waals surface area contributed by atoms with Gasteiger partial charge in [-0.3, -0.25) is 14.2 Å². The number of nitrogens with two attached hydrogens (primary N) is 1. The van der Waals surface area contributed by atoms with Crippen LogP contribution in [0.3, 0.4) is 0 Å². The molecule has 41 heavy (non-hydrogen) atoms. The molecule has 6 rings (SSSR count). The van der Waals surface area contributed by atoms with E-state index in [1.165, 1.54) is 9.08 Å². The zero-order valence-electron chi connectivity index (χ0n) is 22.7. The molecule has 1 atom stereocenters. The number of nitrogens with one attached hydrogen (secondary N) is 1. The lowest BCUT2D eigenvalue weighted by molar-refractivity contribution is 0.0940. The highest BCUT2D eigenvalue weighted by atomic mass is 16.2. The number of aryl methyl sites for hydroxylation is 1. The molecular formula is C30H27N9O2. The molecule has 4 aromatic heterocycles. The third-order valence-electron chi connectivity index (χ3n) is 7.04. The molecule has 1 amide bonds. The fourth-order valence-electron chi connectivity index (χ4n) is 4.83. The Bertz CT molecular complexity index is 2020. The first-order valence-corrected chi connectivity index (χ1v) is 13.0. The van der Waals surface area contributed by atoms with Gasteiger partial charge in [0.15, 0.2) is 11.5 Å². The summed E-state index contributed by atoms with van der Waals surface area (Å²) < 4.78 is 4.96. The Morgan fingerprint density at radius 2 is 1.85 bits per heavy atom. The quantitative estimate of drug-likeness (QED) is 0.325. The number of nitrogens with zero attached hydrogens (tertiary/aromatic N) is 7. The van der Waals surface area contributed by atoms with Crippen LogP contribution in [0, 0.1) is 6.92 Å². The third-order valence-corrected chi connectivity index (χ3v) is 7.04. The van der Waals surface area contributed by atoms with Crippen LogP contribution < -0.4 is 16.6 Å². The largest absolute Gasteiger partial charge is 0.381 e. The molecule has 2 aromatic carbocycles. The van der Waals surface area contributed by atoms with E-state index < -0.39 is 11.9 Å². The maximum Gasteiger partial charge on any atom is 0.266 e. The van der Waals surface area contributed by atoms with Crippen LogP contribution in [0.5, 0.6) is 0 Å². The summed E-state index contributed by atoms with van der Waals surface area (Å²) in [6.07, 6.45) is 8.83. The van der Waals surface area contributed by atoms with Crippen molar-refractivity contribution in [3.05, 3.63) is 112 Å². The Morgan fingerprint density at radius 3 is 2.61 bits per heavy atom. The van der Waals surface area contributed by atoms with Gasteiger partial charge in [-0.05, 0) is 49.8 Å². The van der Waals surface area contributed by atoms with Crippen molar-refractivity contribution in [1.82, 2.24) is 39.0 Å². The molecule has 0 spiro atoms. The summed E-state index contributed by atoms with van der Waals surface area (Å²) in [5.41, 5.74) is 9.07. The van der Waals surface area contributed by atoms with E-state index in [2.05, 4.69) is 20.4 Å². The number of carbonyl (C=O) groups excluding carboxylic acids is 1. The van der Waals surface area contributed by atoms with Gasteiger partial charge in [-0.1, -0.05) is 36.4 Å². The fraction of sp³-hybridized carbons (Fsp3) is 0.133. The number of rotatable bonds is 6. The Kier molecular flexibility index (Phi) is 6.38. The molecule has 3 N–H and O–H groups in total. The molecule has 0 saturated carbocycles. The SMILES string of the molecule is Cc1ncc(C=Cc2cccc3nc([C@@H](C)NC(=O)c4c(N)nn5cccnc45)n(-c4ccccc4)c(=O)c23)n1C. The molecule has 4 heterocycles. The van der Waals surface area contributed by atoms with E-state index in [9.17, 15) is 9.59 Å². The van der Waals surface area contributed by atoms with Gasteiger partial charge in [0, 0.05) is 19.4 Å². The third kappa shape index (κ3) is 4.52. The summed E-state index contributed by atoms with van der Waals surface area (Å²) in [6.45, 7) is 3.70. The van der Waals surface area contributed by atoms with Crippen molar-refractivity contribution >= 4 is 40.4 Å². The molecule has 11 heteroatoms. The fourth-order valence-corrected chi connectivity index (χ4v) is 4.83.